The fourth-order valence-electron chi connectivity index (χ4n) is 1.03. The number of fused-ring (bicyclic) bond motifs is 1. The number of rotatable bonds is 0. The van der Waals surface area contributed by atoms with Crippen molar-refractivity contribution >= 4 is 6.21 Å². The van der Waals surface area contributed by atoms with Gasteiger partial charge in [-0.1, -0.05) is 24.3 Å². The SMILES string of the molecule is C1=CC2=CC=N[N]C2C=C1. The van der Waals surface area contributed by atoms with Crippen LogP contribution in [0, 0.1) is 0 Å². The van der Waals surface area contributed by atoms with Gasteiger partial charge in [-0.05, 0) is 11.6 Å². The normalized spacial score (nSPS) is 27.2. The molecule has 0 amide bonds. The van der Waals surface area contributed by atoms with Crippen LogP contribution in [0.15, 0.2) is 41.1 Å². The minimum Gasteiger partial charge on any atom is -0.177 e. The summed E-state index contributed by atoms with van der Waals surface area (Å²) in [5.74, 6) is 0. The van der Waals surface area contributed by atoms with Crippen LogP contribution in [0.4, 0.5) is 0 Å². The van der Waals surface area contributed by atoms with Crippen LogP contribution in [-0.2, 0) is 0 Å². The van der Waals surface area contributed by atoms with E-state index in [2.05, 4.69) is 16.6 Å². The van der Waals surface area contributed by atoms with Crippen molar-refractivity contribution in [2.75, 3.05) is 0 Å². The third-order valence-corrected chi connectivity index (χ3v) is 1.56. The summed E-state index contributed by atoms with van der Waals surface area (Å²) in [5.41, 5.74) is 5.23. The smallest absolute Gasteiger partial charge is 0.115 e. The van der Waals surface area contributed by atoms with E-state index >= 15 is 0 Å². The van der Waals surface area contributed by atoms with E-state index in [1.165, 1.54) is 5.57 Å². The minimum absolute atomic E-state index is 0.176. The van der Waals surface area contributed by atoms with E-state index in [1.54, 1.807) is 6.21 Å². The molecule has 0 saturated heterocycles. The number of hydrogen-bond acceptors (Lipinski definition) is 1. The molecule has 0 spiro atoms. The molecule has 0 bridgehead atoms. The molecule has 2 rings (SSSR count). The molecule has 2 nitrogen and oxygen atoms in total. The summed E-state index contributed by atoms with van der Waals surface area (Å²) in [6, 6.07) is 0.176. The first-order valence-electron chi connectivity index (χ1n) is 3.25. The zero-order valence-corrected chi connectivity index (χ0v) is 5.44. The third kappa shape index (κ3) is 0.778. The monoisotopic (exact) mass is 131 g/mol. The van der Waals surface area contributed by atoms with Crippen LogP contribution in [0.1, 0.15) is 0 Å². The van der Waals surface area contributed by atoms with Crippen LogP contribution in [0.3, 0.4) is 0 Å². The lowest BCUT2D eigenvalue weighted by atomic mass is 10.0. The van der Waals surface area contributed by atoms with Gasteiger partial charge < -0.3 is 0 Å². The van der Waals surface area contributed by atoms with Gasteiger partial charge in [0.05, 0.1) is 0 Å². The van der Waals surface area contributed by atoms with Gasteiger partial charge in [-0.2, -0.15) is 10.5 Å². The minimum atomic E-state index is 0.176. The summed E-state index contributed by atoms with van der Waals surface area (Å²) in [5, 5.41) is 3.80. The van der Waals surface area contributed by atoms with Crippen molar-refractivity contribution in [3.05, 3.63) is 36.0 Å². The van der Waals surface area contributed by atoms with E-state index in [-0.39, 0.29) is 6.04 Å². The van der Waals surface area contributed by atoms with Crippen molar-refractivity contribution in [3.8, 4) is 0 Å². The Bertz CT molecular complexity index is 246. The lowest BCUT2D eigenvalue weighted by Crippen LogP contribution is -2.21. The fraction of sp³-hybridized carbons (Fsp3) is 0.125. The zero-order chi connectivity index (χ0) is 6.81. The predicted octanol–water partition coefficient (Wildman–Crippen LogP) is 1.01. The second-order valence-corrected chi connectivity index (χ2v) is 2.24. The highest BCUT2D eigenvalue weighted by molar-refractivity contribution is 5.75. The summed E-state index contributed by atoms with van der Waals surface area (Å²) in [4.78, 5) is 0. The van der Waals surface area contributed by atoms with Crippen molar-refractivity contribution < 1.29 is 0 Å². The Kier molecular flexibility index (Phi) is 1.17. The number of hydrogen-bond donors (Lipinski definition) is 0. The Labute approximate surface area is 59.6 Å². The first-order valence-corrected chi connectivity index (χ1v) is 3.25. The molecule has 0 saturated carbocycles. The topological polar surface area (TPSA) is 26.5 Å². The molecular weight excluding hydrogens is 124 g/mol. The molecule has 1 unspecified atom stereocenters. The van der Waals surface area contributed by atoms with Crippen molar-refractivity contribution in [2.24, 2.45) is 5.10 Å². The first kappa shape index (κ1) is 5.47. The van der Waals surface area contributed by atoms with Crippen molar-refractivity contribution in [2.45, 2.75) is 6.04 Å². The fourth-order valence-corrected chi connectivity index (χ4v) is 1.03. The molecule has 1 heterocycles. The summed E-state index contributed by atoms with van der Waals surface area (Å²) in [6.45, 7) is 0. The molecule has 49 valence electrons. The van der Waals surface area contributed by atoms with Crippen LogP contribution < -0.4 is 5.43 Å². The van der Waals surface area contributed by atoms with Gasteiger partial charge in [-0.15, -0.1) is 0 Å². The summed E-state index contributed by atoms with van der Waals surface area (Å²) >= 11 is 0. The van der Waals surface area contributed by atoms with E-state index in [4.69, 9.17) is 0 Å². The molecule has 0 aromatic carbocycles. The highest BCUT2D eigenvalue weighted by Gasteiger charge is 2.12. The van der Waals surface area contributed by atoms with Gasteiger partial charge in [0.1, 0.15) is 6.04 Å². The Hall–Kier alpha value is -1.31. The highest BCUT2D eigenvalue weighted by Crippen LogP contribution is 2.13. The molecular formula is C8H7N2. The van der Waals surface area contributed by atoms with Crippen LogP contribution >= 0.6 is 0 Å². The van der Waals surface area contributed by atoms with E-state index < -0.39 is 0 Å². The first-order chi connectivity index (χ1) is 4.97. The summed E-state index contributed by atoms with van der Waals surface area (Å²) in [6.07, 6.45) is 11.8. The highest BCUT2D eigenvalue weighted by atomic mass is 15.3. The van der Waals surface area contributed by atoms with Gasteiger partial charge in [0, 0.05) is 6.21 Å². The van der Waals surface area contributed by atoms with E-state index in [0.717, 1.165) is 0 Å². The summed E-state index contributed by atoms with van der Waals surface area (Å²) in [7, 11) is 0. The standard InChI is InChI=1S/C8H7N2/c1-2-4-8-7(3-1)5-6-9-10-8/h1-6,8H. The maximum atomic E-state index is 4.01. The second kappa shape index (κ2) is 2.14. The average molecular weight is 131 g/mol. The lowest BCUT2D eigenvalue weighted by molar-refractivity contribution is 0.680. The predicted molar refractivity (Wildman–Crippen MR) is 40.8 cm³/mol. The Morgan fingerprint density at radius 3 is 3.20 bits per heavy atom. The van der Waals surface area contributed by atoms with Crippen LogP contribution in [-0.4, -0.2) is 12.3 Å². The van der Waals surface area contributed by atoms with Crippen molar-refractivity contribution in [3.63, 3.8) is 0 Å². The summed E-state index contributed by atoms with van der Waals surface area (Å²) < 4.78 is 0. The number of allylic oxidation sites excluding steroid dienone is 3. The van der Waals surface area contributed by atoms with Crippen molar-refractivity contribution in [1.29, 1.82) is 0 Å². The average Bonchev–Trinajstić information content (AvgIpc) is 2.05. The maximum absolute atomic E-state index is 4.01. The molecule has 1 aliphatic heterocycles. The quantitative estimate of drug-likeness (QED) is 0.469. The Morgan fingerprint density at radius 1 is 1.30 bits per heavy atom. The van der Waals surface area contributed by atoms with E-state index in [9.17, 15) is 0 Å². The second-order valence-electron chi connectivity index (χ2n) is 2.24. The van der Waals surface area contributed by atoms with Crippen LogP contribution in [0.5, 0.6) is 0 Å². The molecule has 0 N–H and O–H groups in total. The van der Waals surface area contributed by atoms with Crippen LogP contribution in [0.2, 0.25) is 0 Å². The Balaban J connectivity index is 2.34. The largest absolute Gasteiger partial charge is 0.177 e. The molecule has 1 radical (unpaired) electrons. The zero-order valence-electron chi connectivity index (χ0n) is 5.44. The molecule has 0 fully saturated rings. The van der Waals surface area contributed by atoms with Gasteiger partial charge in [-0.25, -0.2) is 0 Å². The lowest BCUT2D eigenvalue weighted by Gasteiger charge is -2.15. The molecule has 1 atom stereocenters. The van der Waals surface area contributed by atoms with Gasteiger partial charge in [0.25, 0.3) is 0 Å². The van der Waals surface area contributed by atoms with Gasteiger partial charge >= 0.3 is 0 Å². The molecule has 2 heteroatoms. The Morgan fingerprint density at radius 2 is 2.30 bits per heavy atom. The van der Waals surface area contributed by atoms with E-state index in [1.807, 2.05) is 24.3 Å². The molecule has 1 aliphatic carbocycles. The van der Waals surface area contributed by atoms with Crippen molar-refractivity contribution in [1.82, 2.24) is 5.43 Å². The maximum Gasteiger partial charge on any atom is 0.115 e. The molecule has 0 aromatic heterocycles. The third-order valence-electron chi connectivity index (χ3n) is 1.56. The van der Waals surface area contributed by atoms with Gasteiger partial charge in [0.15, 0.2) is 0 Å². The molecule has 2 aliphatic rings. The van der Waals surface area contributed by atoms with Gasteiger partial charge in [0.2, 0.25) is 0 Å². The van der Waals surface area contributed by atoms with Gasteiger partial charge in [-0.3, -0.25) is 0 Å². The van der Waals surface area contributed by atoms with Crippen LogP contribution in [0.25, 0.3) is 0 Å². The molecule has 0 aromatic rings. The molecule has 10 heavy (non-hydrogen) atoms. The van der Waals surface area contributed by atoms with E-state index in [0.29, 0.717) is 0 Å². The number of nitrogens with zero attached hydrogens (tertiary/aromatic N) is 2.